The fourth-order valence-electron chi connectivity index (χ4n) is 2.87. The molecule has 0 saturated carbocycles. The van der Waals surface area contributed by atoms with Crippen molar-refractivity contribution in [2.45, 2.75) is 0 Å². The van der Waals surface area contributed by atoms with E-state index in [0.717, 1.165) is 5.75 Å². The van der Waals surface area contributed by atoms with E-state index in [1.54, 1.807) is 55.6 Å². The van der Waals surface area contributed by atoms with E-state index in [1.165, 1.54) is 4.90 Å². The summed E-state index contributed by atoms with van der Waals surface area (Å²) >= 11 is 0. The number of hydrogen-bond acceptors (Lipinski definition) is 4. The Morgan fingerprint density at radius 3 is 2.25 bits per heavy atom. The van der Waals surface area contributed by atoms with Crippen LogP contribution in [0, 0.1) is 0 Å². The SMILES string of the molecule is CN(C(=O)c1cc2ccccc2oc1=O)c1ccc(Oc2ccccc2)cc1. The van der Waals surface area contributed by atoms with Gasteiger partial charge in [0.2, 0.25) is 0 Å². The topological polar surface area (TPSA) is 59.8 Å². The Balaban J connectivity index is 1.57. The molecule has 0 bridgehead atoms. The molecular formula is C23H17NO4. The van der Waals surface area contributed by atoms with Crippen molar-refractivity contribution in [2.75, 3.05) is 11.9 Å². The van der Waals surface area contributed by atoms with Crippen LogP contribution in [0.3, 0.4) is 0 Å². The highest BCUT2D eigenvalue weighted by molar-refractivity contribution is 6.06. The van der Waals surface area contributed by atoms with Crippen LogP contribution >= 0.6 is 0 Å². The Hall–Kier alpha value is -3.86. The summed E-state index contributed by atoms with van der Waals surface area (Å²) in [7, 11) is 1.62. The summed E-state index contributed by atoms with van der Waals surface area (Å²) in [5, 5.41) is 0.699. The lowest BCUT2D eigenvalue weighted by Crippen LogP contribution is -2.30. The zero-order valence-electron chi connectivity index (χ0n) is 15.2. The van der Waals surface area contributed by atoms with Crippen LogP contribution in [-0.4, -0.2) is 13.0 Å². The van der Waals surface area contributed by atoms with E-state index in [9.17, 15) is 9.59 Å². The molecule has 0 saturated heterocycles. The molecule has 0 aliphatic rings. The van der Waals surface area contributed by atoms with E-state index >= 15 is 0 Å². The molecule has 4 aromatic rings. The predicted octanol–water partition coefficient (Wildman–Crippen LogP) is 4.86. The molecule has 138 valence electrons. The van der Waals surface area contributed by atoms with E-state index in [0.29, 0.717) is 22.4 Å². The molecule has 0 radical (unpaired) electrons. The van der Waals surface area contributed by atoms with Crippen LogP contribution in [0.15, 0.2) is 94.1 Å². The average molecular weight is 371 g/mol. The summed E-state index contributed by atoms with van der Waals surface area (Å²) in [5.74, 6) is 0.950. The van der Waals surface area contributed by atoms with Gasteiger partial charge in [-0.25, -0.2) is 4.79 Å². The third kappa shape index (κ3) is 3.50. The molecular weight excluding hydrogens is 354 g/mol. The second kappa shape index (κ2) is 7.40. The number of ether oxygens (including phenoxy) is 1. The summed E-state index contributed by atoms with van der Waals surface area (Å²) in [5.41, 5.74) is 0.428. The summed E-state index contributed by atoms with van der Waals surface area (Å²) in [6, 6.07) is 25.2. The fraction of sp³-hybridized carbons (Fsp3) is 0.0435. The molecule has 5 heteroatoms. The van der Waals surface area contributed by atoms with Gasteiger partial charge in [-0.2, -0.15) is 0 Å². The van der Waals surface area contributed by atoms with Gasteiger partial charge in [0, 0.05) is 18.1 Å². The first kappa shape index (κ1) is 17.5. The number of rotatable bonds is 4. The third-order valence-electron chi connectivity index (χ3n) is 4.38. The number of fused-ring (bicyclic) bond motifs is 1. The lowest BCUT2D eigenvalue weighted by atomic mass is 10.1. The number of hydrogen-bond donors (Lipinski definition) is 0. The highest BCUT2D eigenvalue weighted by Gasteiger charge is 2.19. The van der Waals surface area contributed by atoms with Crippen LogP contribution in [-0.2, 0) is 0 Å². The second-order valence-electron chi connectivity index (χ2n) is 6.26. The molecule has 3 aromatic carbocycles. The van der Waals surface area contributed by atoms with Crippen LogP contribution in [0.1, 0.15) is 10.4 Å². The Morgan fingerprint density at radius 2 is 1.50 bits per heavy atom. The molecule has 0 aliphatic carbocycles. The van der Waals surface area contributed by atoms with Gasteiger partial charge in [-0.1, -0.05) is 36.4 Å². The Bertz CT molecular complexity index is 1180. The Kier molecular flexibility index (Phi) is 4.64. The lowest BCUT2D eigenvalue weighted by Gasteiger charge is -2.17. The summed E-state index contributed by atoms with van der Waals surface area (Å²) in [6.07, 6.45) is 0. The predicted molar refractivity (Wildman–Crippen MR) is 108 cm³/mol. The van der Waals surface area contributed by atoms with E-state index in [2.05, 4.69) is 0 Å². The average Bonchev–Trinajstić information content (AvgIpc) is 2.73. The van der Waals surface area contributed by atoms with Crippen molar-refractivity contribution in [3.8, 4) is 11.5 Å². The molecule has 0 unspecified atom stereocenters. The van der Waals surface area contributed by atoms with Crippen molar-refractivity contribution >= 4 is 22.6 Å². The normalized spacial score (nSPS) is 10.6. The van der Waals surface area contributed by atoms with Gasteiger partial charge in [0.05, 0.1) is 0 Å². The van der Waals surface area contributed by atoms with Crippen LogP contribution < -0.4 is 15.3 Å². The van der Waals surface area contributed by atoms with Gasteiger partial charge in [-0.15, -0.1) is 0 Å². The number of carbonyl (C=O) groups excluding carboxylic acids is 1. The first-order valence-corrected chi connectivity index (χ1v) is 8.76. The first-order chi connectivity index (χ1) is 13.6. The monoisotopic (exact) mass is 371 g/mol. The van der Waals surface area contributed by atoms with Crippen LogP contribution in [0.5, 0.6) is 11.5 Å². The van der Waals surface area contributed by atoms with Crippen LogP contribution in [0.4, 0.5) is 5.69 Å². The van der Waals surface area contributed by atoms with Crippen molar-refractivity contribution in [2.24, 2.45) is 0 Å². The maximum atomic E-state index is 12.8. The lowest BCUT2D eigenvalue weighted by molar-refractivity contribution is 0.0989. The molecule has 0 aliphatic heterocycles. The molecule has 1 amide bonds. The van der Waals surface area contributed by atoms with E-state index in [4.69, 9.17) is 9.15 Å². The number of amides is 1. The van der Waals surface area contributed by atoms with E-state index < -0.39 is 11.5 Å². The summed E-state index contributed by atoms with van der Waals surface area (Å²) in [6.45, 7) is 0. The minimum absolute atomic E-state index is 0.00851. The molecule has 5 nitrogen and oxygen atoms in total. The van der Waals surface area contributed by atoms with E-state index in [1.807, 2.05) is 36.4 Å². The van der Waals surface area contributed by atoms with Gasteiger partial charge in [-0.05, 0) is 48.5 Å². The van der Waals surface area contributed by atoms with Gasteiger partial charge in [0.1, 0.15) is 22.6 Å². The van der Waals surface area contributed by atoms with Crippen molar-refractivity contribution in [3.05, 3.63) is 101 Å². The molecule has 4 rings (SSSR count). The standard InChI is InChI=1S/C23H17NO4/c1-24(17-11-13-19(14-12-17)27-18-8-3-2-4-9-18)22(25)20-15-16-7-5-6-10-21(16)28-23(20)26/h2-15H,1H3. The minimum atomic E-state index is -0.653. The Morgan fingerprint density at radius 1 is 0.857 bits per heavy atom. The number of nitrogens with zero attached hydrogens (tertiary/aromatic N) is 1. The molecule has 28 heavy (non-hydrogen) atoms. The maximum Gasteiger partial charge on any atom is 0.349 e. The molecule has 1 aromatic heterocycles. The second-order valence-corrected chi connectivity index (χ2v) is 6.26. The number of carbonyl (C=O) groups is 1. The molecule has 0 spiro atoms. The van der Waals surface area contributed by atoms with Gasteiger partial charge >= 0.3 is 5.63 Å². The van der Waals surface area contributed by atoms with Crippen LogP contribution in [0.25, 0.3) is 11.0 Å². The van der Waals surface area contributed by atoms with Gasteiger partial charge in [-0.3, -0.25) is 4.79 Å². The van der Waals surface area contributed by atoms with Crippen molar-refractivity contribution < 1.29 is 13.9 Å². The largest absolute Gasteiger partial charge is 0.457 e. The highest BCUT2D eigenvalue weighted by atomic mass is 16.5. The number of para-hydroxylation sites is 2. The van der Waals surface area contributed by atoms with Crippen molar-refractivity contribution in [1.82, 2.24) is 0 Å². The number of benzene rings is 3. The molecule has 0 fully saturated rings. The zero-order valence-corrected chi connectivity index (χ0v) is 15.2. The minimum Gasteiger partial charge on any atom is -0.457 e. The highest BCUT2D eigenvalue weighted by Crippen LogP contribution is 2.24. The van der Waals surface area contributed by atoms with E-state index in [-0.39, 0.29) is 5.56 Å². The molecule has 0 atom stereocenters. The van der Waals surface area contributed by atoms with Gasteiger partial charge in [0.15, 0.2) is 0 Å². The maximum absolute atomic E-state index is 12.8. The summed E-state index contributed by atoms with van der Waals surface area (Å²) in [4.78, 5) is 26.5. The van der Waals surface area contributed by atoms with Crippen LogP contribution in [0.2, 0.25) is 0 Å². The van der Waals surface area contributed by atoms with Gasteiger partial charge in [0.25, 0.3) is 5.91 Å². The third-order valence-corrected chi connectivity index (χ3v) is 4.38. The van der Waals surface area contributed by atoms with Gasteiger partial charge < -0.3 is 14.1 Å². The first-order valence-electron chi connectivity index (χ1n) is 8.76. The smallest absolute Gasteiger partial charge is 0.349 e. The molecule has 1 heterocycles. The quantitative estimate of drug-likeness (QED) is 0.481. The summed E-state index contributed by atoms with van der Waals surface area (Å²) < 4.78 is 11.0. The zero-order chi connectivity index (χ0) is 19.5. The molecule has 0 N–H and O–H groups in total. The van der Waals surface area contributed by atoms with Crippen molar-refractivity contribution in [3.63, 3.8) is 0 Å². The van der Waals surface area contributed by atoms with Crippen molar-refractivity contribution in [1.29, 1.82) is 0 Å². The fourth-order valence-corrected chi connectivity index (χ4v) is 2.87. The Labute approximate surface area is 161 Å². The number of anilines is 1.